The topological polar surface area (TPSA) is 70.7 Å². The van der Waals surface area contributed by atoms with E-state index in [1.54, 1.807) is 18.2 Å². The Bertz CT molecular complexity index is 580. The molecule has 0 saturated heterocycles. The Labute approximate surface area is 115 Å². The van der Waals surface area contributed by atoms with Crippen LogP contribution in [0.1, 0.15) is 24.4 Å². The van der Waals surface area contributed by atoms with Gasteiger partial charge in [-0.2, -0.15) is 5.10 Å². The van der Waals surface area contributed by atoms with Gasteiger partial charge in [0.2, 0.25) is 5.91 Å². The van der Waals surface area contributed by atoms with E-state index in [-0.39, 0.29) is 11.9 Å². The van der Waals surface area contributed by atoms with E-state index in [9.17, 15) is 4.79 Å². The van der Waals surface area contributed by atoms with Gasteiger partial charge in [-0.15, -0.1) is 0 Å². The van der Waals surface area contributed by atoms with E-state index in [1.165, 1.54) is 12.4 Å². The minimum atomic E-state index is -0.223. The van der Waals surface area contributed by atoms with Crippen LogP contribution in [0.3, 0.4) is 0 Å². The van der Waals surface area contributed by atoms with E-state index in [2.05, 4.69) is 20.5 Å². The largest absolute Gasteiger partial charge is 0.343 e. The van der Waals surface area contributed by atoms with Gasteiger partial charge in [-0.1, -0.05) is 23.7 Å². The molecule has 1 unspecified atom stereocenters. The normalized spacial score (nSPS) is 12.5. The third kappa shape index (κ3) is 3.93. The molecule has 1 heterocycles. The summed E-state index contributed by atoms with van der Waals surface area (Å²) in [5.41, 5.74) is 0.870. The number of nitrogens with zero attached hydrogens (tertiary/aromatic N) is 2. The van der Waals surface area contributed by atoms with E-state index < -0.39 is 0 Å². The van der Waals surface area contributed by atoms with E-state index in [1.807, 2.05) is 19.1 Å². The zero-order chi connectivity index (χ0) is 13.7. The maximum absolute atomic E-state index is 11.7. The summed E-state index contributed by atoms with van der Waals surface area (Å²) < 4.78 is 0. The number of rotatable bonds is 4. The summed E-state index contributed by atoms with van der Waals surface area (Å²) in [6.07, 6.45) is 4.56. The smallest absolute Gasteiger partial charge is 0.244 e. The molecule has 0 fully saturated rings. The lowest BCUT2D eigenvalue weighted by Gasteiger charge is -2.08. The van der Waals surface area contributed by atoms with Crippen LogP contribution in [0.4, 0.5) is 0 Å². The van der Waals surface area contributed by atoms with Gasteiger partial charge in [-0.25, -0.2) is 4.98 Å². The number of amides is 1. The lowest BCUT2D eigenvalue weighted by atomic mass is 10.2. The molecule has 6 heteroatoms. The molecule has 98 valence electrons. The van der Waals surface area contributed by atoms with E-state index >= 15 is 0 Å². The average molecular weight is 277 g/mol. The predicted molar refractivity (Wildman–Crippen MR) is 73.4 cm³/mol. The molecule has 0 radical (unpaired) electrons. The molecule has 1 aromatic heterocycles. The van der Waals surface area contributed by atoms with Crippen molar-refractivity contribution in [2.75, 3.05) is 0 Å². The third-order valence-corrected chi connectivity index (χ3v) is 2.71. The zero-order valence-electron chi connectivity index (χ0n) is 10.3. The van der Waals surface area contributed by atoms with Crippen LogP contribution in [0.25, 0.3) is 6.08 Å². The van der Waals surface area contributed by atoms with Crippen molar-refractivity contribution >= 4 is 23.6 Å². The van der Waals surface area contributed by atoms with Gasteiger partial charge in [0.05, 0.1) is 6.04 Å². The maximum atomic E-state index is 11.7. The maximum Gasteiger partial charge on any atom is 0.244 e. The van der Waals surface area contributed by atoms with Crippen molar-refractivity contribution in [3.05, 3.63) is 53.1 Å². The first-order chi connectivity index (χ1) is 9.15. The third-order valence-electron chi connectivity index (χ3n) is 2.48. The van der Waals surface area contributed by atoms with Gasteiger partial charge in [0.15, 0.2) is 0 Å². The summed E-state index contributed by atoms with van der Waals surface area (Å²) in [7, 11) is 0. The first-order valence-electron chi connectivity index (χ1n) is 5.74. The molecular weight excluding hydrogens is 264 g/mol. The van der Waals surface area contributed by atoms with Gasteiger partial charge in [0.25, 0.3) is 0 Å². The Kier molecular flexibility index (Phi) is 4.30. The summed E-state index contributed by atoms with van der Waals surface area (Å²) in [5, 5.41) is 9.85. The van der Waals surface area contributed by atoms with E-state index in [0.717, 1.165) is 5.56 Å². The molecular formula is C13H13ClN4O. The SMILES string of the molecule is CC(NC(=O)/C=C/c1cccc(Cl)c1)c1ncn[nH]1. The fourth-order valence-corrected chi connectivity index (χ4v) is 1.73. The summed E-state index contributed by atoms with van der Waals surface area (Å²) >= 11 is 5.86. The van der Waals surface area contributed by atoms with Gasteiger partial charge in [0, 0.05) is 11.1 Å². The molecule has 0 spiro atoms. The highest BCUT2D eigenvalue weighted by atomic mass is 35.5. The Balaban J connectivity index is 1.94. The van der Waals surface area contributed by atoms with Crippen LogP contribution in [-0.4, -0.2) is 21.1 Å². The van der Waals surface area contributed by atoms with Gasteiger partial charge in [-0.3, -0.25) is 9.89 Å². The van der Waals surface area contributed by atoms with E-state index in [0.29, 0.717) is 10.8 Å². The molecule has 0 aliphatic heterocycles. The predicted octanol–water partition coefficient (Wildman–Crippen LogP) is 2.35. The van der Waals surface area contributed by atoms with Crippen LogP contribution in [0.2, 0.25) is 5.02 Å². The van der Waals surface area contributed by atoms with Crippen molar-refractivity contribution in [3.63, 3.8) is 0 Å². The fraction of sp³-hybridized carbons (Fsp3) is 0.154. The lowest BCUT2D eigenvalue weighted by Crippen LogP contribution is -2.25. The van der Waals surface area contributed by atoms with E-state index in [4.69, 9.17) is 11.6 Å². The molecule has 1 amide bonds. The number of hydrogen-bond acceptors (Lipinski definition) is 3. The van der Waals surface area contributed by atoms with Gasteiger partial charge in [0.1, 0.15) is 12.2 Å². The summed E-state index contributed by atoms with van der Waals surface area (Å²) in [6, 6.07) is 7.04. The fourth-order valence-electron chi connectivity index (χ4n) is 1.54. The molecule has 0 aliphatic carbocycles. The van der Waals surface area contributed by atoms with Crippen molar-refractivity contribution < 1.29 is 4.79 Å². The average Bonchev–Trinajstić information content (AvgIpc) is 2.90. The van der Waals surface area contributed by atoms with Crippen molar-refractivity contribution in [1.29, 1.82) is 0 Å². The Morgan fingerprint density at radius 1 is 1.53 bits per heavy atom. The number of nitrogens with one attached hydrogen (secondary N) is 2. The highest BCUT2D eigenvalue weighted by Gasteiger charge is 2.09. The number of benzene rings is 1. The Morgan fingerprint density at radius 2 is 2.37 bits per heavy atom. The number of aromatic nitrogens is 3. The van der Waals surface area contributed by atoms with Crippen molar-refractivity contribution in [1.82, 2.24) is 20.5 Å². The highest BCUT2D eigenvalue weighted by Crippen LogP contribution is 2.12. The summed E-state index contributed by atoms with van der Waals surface area (Å²) in [5.74, 6) is 0.411. The number of hydrogen-bond donors (Lipinski definition) is 2. The second-order valence-corrected chi connectivity index (χ2v) is 4.43. The zero-order valence-corrected chi connectivity index (χ0v) is 11.1. The standard InChI is InChI=1S/C13H13ClN4O/c1-9(13-15-8-16-18-13)17-12(19)6-5-10-3-2-4-11(14)7-10/h2-9H,1H3,(H,17,19)(H,15,16,18)/b6-5+. The van der Waals surface area contributed by atoms with Crippen LogP contribution in [0.15, 0.2) is 36.7 Å². The first kappa shape index (κ1) is 13.3. The number of aromatic amines is 1. The molecule has 19 heavy (non-hydrogen) atoms. The van der Waals surface area contributed by atoms with Crippen LogP contribution < -0.4 is 5.32 Å². The van der Waals surface area contributed by atoms with Crippen LogP contribution in [-0.2, 0) is 4.79 Å². The molecule has 1 atom stereocenters. The van der Waals surface area contributed by atoms with Crippen LogP contribution in [0.5, 0.6) is 0 Å². The molecule has 0 bridgehead atoms. The molecule has 2 rings (SSSR count). The van der Waals surface area contributed by atoms with Crippen molar-refractivity contribution in [3.8, 4) is 0 Å². The minimum absolute atomic E-state index is 0.205. The molecule has 5 nitrogen and oxygen atoms in total. The minimum Gasteiger partial charge on any atom is -0.343 e. The van der Waals surface area contributed by atoms with Crippen LogP contribution in [0, 0.1) is 0 Å². The lowest BCUT2D eigenvalue weighted by molar-refractivity contribution is -0.117. The Morgan fingerprint density at radius 3 is 3.05 bits per heavy atom. The molecule has 2 aromatic rings. The Hall–Kier alpha value is -2.14. The van der Waals surface area contributed by atoms with Gasteiger partial charge >= 0.3 is 0 Å². The summed E-state index contributed by atoms with van der Waals surface area (Å²) in [6.45, 7) is 1.83. The molecule has 0 saturated carbocycles. The second kappa shape index (κ2) is 6.15. The van der Waals surface area contributed by atoms with Crippen LogP contribution >= 0.6 is 11.6 Å². The van der Waals surface area contributed by atoms with Gasteiger partial charge in [-0.05, 0) is 30.7 Å². The van der Waals surface area contributed by atoms with Crippen molar-refractivity contribution in [2.45, 2.75) is 13.0 Å². The van der Waals surface area contributed by atoms with Crippen molar-refractivity contribution in [2.24, 2.45) is 0 Å². The first-order valence-corrected chi connectivity index (χ1v) is 6.12. The monoisotopic (exact) mass is 276 g/mol. The highest BCUT2D eigenvalue weighted by molar-refractivity contribution is 6.30. The number of halogens is 1. The second-order valence-electron chi connectivity index (χ2n) is 3.99. The molecule has 0 aliphatic rings. The number of H-pyrrole nitrogens is 1. The quantitative estimate of drug-likeness (QED) is 0.842. The summed E-state index contributed by atoms with van der Waals surface area (Å²) in [4.78, 5) is 15.7. The number of carbonyl (C=O) groups excluding carboxylic acids is 1. The van der Waals surface area contributed by atoms with Gasteiger partial charge < -0.3 is 5.32 Å². The molecule has 1 aromatic carbocycles. The number of carbonyl (C=O) groups is 1. The molecule has 2 N–H and O–H groups in total.